The molecule has 0 bridgehead atoms. The van der Waals surface area contributed by atoms with E-state index < -0.39 is 0 Å². The fourth-order valence-electron chi connectivity index (χ4n) is 3.72. The SMILES string of the molecule is Cl.OCCCN1CCC2(CC1)SSC1(CCN(CCCO)CC1)S2. The molecule has 0 atom stereocenters. The standard InChI is InChI=1S/C16H30N2O2S3.ClH/c19-13-1-7-17-9-3-15(4-10-17)21-16(23-22-15)5-11-18(12-6-16)8-2-14-20;/h19-20H,1-14H2;1H. The van der Waals surface area contributed by atoms with Crippen LogP contribution in [0.4, 0.5) is 0 Å². The number of nitrogens with zero attached hydrogens (tertiary/aromatic N) is 2. The quantitative estimate of drug-likeness (QED) is 0.648. The Morgan fingerprint density at radius 2 is 1.08 bits per heavy atom. The third kappa shape index (κ3) is 5.35. The lowest BCUT2D eigenvalue weighted by molar-refractivity contribution is 0.192. The van der Waals surface area contributed by atoms with E-state index in [2.05, 4.69) is 43.1 Å². The van der Waals surface area contributed by atoms with Gasteiger partial charge in [0.15, 0.2) is 0 Å². The van der Waals surface area contributed by atoms with Crippen molar-refractivity contribution in [3.8, 4) is 0 Å². The molecule has 0 amide bonds. The largest absolute Gasteiger partial charge is 0.396 e. The van der Waals surface area contributed by atoms with Crippen LogP contribution in [0.25, 0.3) is 0 Å². The van der Waals surface area contributed by atoms with E-state index in [0.29, 0.717) is 21.4 Å². The third-order valence-corrected chi connectivity index (χ3v) is 12.1. The molecule has 0 aliphatic carbocycles. The van der Waals surface area contributed by atoms with Crippen molar-refractivity contribution in [2.24, 2.45) is 0 Å². The Kier molecular flexibility index (Phi) is 8.88. The monoisotopic (exact) mass is 414 g/mol. The summed E-state index contributed by atoms with van der Waals surface area (Å²) >= 11 is 2.28. The van der Waals surface area contributed by atoms with Crippen molar-refractivity contribution in [1.29, 1.82) is 0 Å². The highest BCUT2D eigenvalue weighted by molar-refractivity contribution is 8.83. The normalized spacial score (nSPS) is 26.8. The van der Waals surface area contributed by atoms with Crippen molar-refractivity contribution in [2.45, 2.75) is 46.7 Å². The molecule has 3 aliphatic heterocycles. The van der Waals surface area contributed by atoms with E-state index in [4.69, 9.17) is 10.2 Å². The van der Waals surface area contributed by atoms with Crippen molar-refractivity contribution in [2.75, 3.05) is 52.5 Å². The molecular weight excluding hydrogens is 384 g/mol. The van der Waals surface area contributed by atoms with Gasteiger partial charge < -0.3 is 20.0 Å². The second kappa shape index (κ2) is 9.93. The van der Waals surface area contributed by atoms with Gasteiger partial charge in [0.2, 0.25) is 0 Å². The Morgan fingerprint density at radius 3 is 1.42 bits per heavy atom. The first kappa shape index (κ1) is 21.5. The molecule has 0 aromatic heterocycles. The maximum atomic E-state index is 8.99. The van der Waals surface area contributed by atoms with Crippen LogP contribution < -0.4 is 0 Å². The Morgan fingerprint density at radius 1 is 0.708 bits per heavy atom. The molecule has 3 fully saturated rings. The average molecular weight is 415 g/mol. The van der Waals surface area contributed by atoms with Crippen LogP contribution in [0, 0.1) is 0 Å². The summed E-state index contributed by atoms with van der Waals surface area (Å²) in [5.74, 6) is 0. The number of piperidine rings is 2. The number of thioether (sulfide) groups is 1. The Hall–Kier alpha value is 1.18. The lowest BCUT2D eigenvalue weighted by Gasteiger charge is -2.41. The van der Waals surface area contributed by atoms with Crippen LogP contribution in [-0.2, 0) is 0 Å². The maximum Gasteiger partial charge on any atom is 0.0753 e. The van der Waals surface area contributed by atoms with Crippen molar-refractivity contribution in [1.82, 2.24) is 9.80 Å². The number of halogens is 1. The zero-order valence-corrected chi connectivity index (χ0v) is 17.6. The van der Waals surface area contributed by atoms with Gasteiger partial charge in [-0.05, 0) is 38.5 Å². The number of aliphatic hydroxyl groups excluding tert-OH is 2. The topological polar surface area (TPSA) is 46.9 Å². The van der Waals surface area contributed by atoms with E-state index in [1.54, 1.807) is 0 Å². The summed E-state index contributed by atoms with van der Waals surface area (Å²) in [5, 5.41) is 18.0. The zero-order valence-electron chi connectivity index (χ0n) is 14.3. The summed E-state index contributed by atoms with van der Waals surface area (Å²) in [6, 6.07) is 0. The van der Waals surface area contributed by atoms with Crippen LogP contribution in [0.5, 0.6) is 0 Å². The van der Waals surface area contributed by atoms with E-state index in [1.165, 1.54) is 51.9 Å². The molecule has 24 heavy (non-hydrogen) atoms. The molecule has 3 aliphatic rings. The number of aliphatic hydroxyl groups is 2. The zero-order chi connectivity index (χ0) is 16.2. The smallest absolute Gasteiger partial charge is 0.0753 e. The van der Waals surface area contributed by atoms with Gasteiger partial charge in [-0.1, -0.05) is 21.6 Å². The van der Waals surface area contributed by atoms with Crippen LogP contribution in [0.3, 0.4) is 0 Å². The molecule has 3 heterocycles. The first-order valence-corrected chi connectivity index (χ1v) is 11.9. The highest BCUT2D eigenvalue weighted by Crippen LogP contribution is 2.70. The van der Waals surface area contributed by atoms with Crippen LogP contribution in [-0.4, -0.2) is 80.7 Å². The molecule has 0 saturated carbocycles. The summed E-state index contributed by atoms with van der Waals surface area (Å²) in [4.78, 5) is 5.05. The highest BCUT2D eigenvalue weighted by atomic mass is 35.5. The molecule has 8 heteroatoms. The van der Waals surface area contributed by atoms with Crippen LogP contribution in [0.15, 0.2) is 0 Å². The van der Waals surface area contributed by atoms with Crippen LogP contribution in [0.2, 0.25) is 0 Å². The minimum Gasteiger partial charge on any atom is -0.396 e. The molecule has 0 aromatic carbocycles. The first-order valence-electron chi connectivity index (χ1n) is 8.93. The number of likely N-dealkylation sites (tertiary alicyclic amines) is 2. The second-order valence-electron chi connectivity index (χ2n) is 6.93. The maximum absolute atomic E-state index is 8.99. The van der Waals surface area contributed by atoms with Gasteiger partial charge in [0, 0.05) is 52.5 Å². The molecule has 2 N–H and O–H groups in total. The summed E-state index contributed by atoms with van der Waals surface area (Å²) in [5.41, 5.74) is 0. The number of hydrogen-bond acceptors (Lipinski definition) is 7. The first-order chi connectivity index (χ1) is 11.2. The predicted octanol–water partition coefficient (Wildman–Crippen LogP) is 2.89. The summed E-state index contributed by atoms with van der Waals surface area (Å²) in [7, 11) is 4.32. The van der Waals surface area contributed by atoms with Crippen LogP contribution in [0.1, 0.15) is 38.5 Å². The highest BCUT2D eigenvalue weighted by Gasteiger charge is 2.52. The molecule has 142 valence electrons. The van der Waals surface area contributed by atoms with E-state index in [9.17, 15) is 0 Å². The Bertz CT molecular complexity index is 342. The van der Waals surface area contributed by atoms with Gasteiger partial charge in [-0.2, -0.15) is 0 Å². The van der Waals surface area contributed by atoms with Crippen molar-refractivity contribution < 1.29 is 10.2 Å². The van der Waals surface area contributed by atoms with Crippen molar-refractivity contribution in [3.63, 3.8) is 0 Å². The van der Waals surface area contributed by atoms with Gasteiger partial charge in [-0.25, -0.2) is 0 Å². The van der Waals surface area contributed by atoms with Gasteiger partial charge in [0.05, 0.1) is 8.16 Å². The van der Waals surface area contributed by atoms with E-state index in [-0.39, 0.29) is 12.4 Å². The molecule has 3 rings (SSSR count). The fourth-order valence-corrected chi connectivity index (χ4v) is 10.7. The van der Waals surface area contributed by atoms with Crippen LogP contribution >= 0.6 is 45.8 Å². The third-order valence-electron chi connectivity index (χ3n) is 5.22. The minimum absolute atomic E-state index is 0. The van der Waals surface area contributed by atoms with Gasteiger partial charge in [0.1, 0.15) is 0 Å². The summed E-state index contributed by atoms with van der Waals surface area (Å²) in [6.07, 6.45) is 6.98. The van der Waals surface area contributed by atoms with Gasteiger partial charge >= 0.3 is 0 Å². The van der Waals surface area contributed by atoms with Gasteiger partial charge in [-0.3, -0.25) is 0 Å². The molecule has 3 saturated heterocycles. The average Bonchev–Trinajstić information content (AvgIpc) is 2.92. The molecule has 0 unspecified atom stereocenters. The van der Waals surface area contributed by atoms with E-state index >= 15 is 0 Å². The predicted molar refractivity (Wildman–Crippen MR) is 110 cm³/mol. The fraction of sp³-hybridized carbons (Fsp3) is 1.00. The van der Waals surface area contributed by atoms with E-state index in [1.807, 2.05) is 0 Å². The molecule has 0 radical (unpaired) electrons. The lowest BCUT2D eigenvalue weighted by atomic mass is 10.1. The van der Waals surface area contributed by atoms with Gasteiger partial charge in [-0.15, -0.1) is 24.2 Å². The second-order valence-corrected chi connectivity index (χ2v) is 12.1. The lowest BCUT2D eigenvalue weighted by Crippen LogP contribution is -2.43. The van der Waals surface area contributed by atoms with E-state index in [0.717, 1.165) is 25.9 Å². The van der Waals surface area contributed by atoms with Crippen molar-refractivity contribution >= 4 is 45.8 Å². The Balaban J connectivity index is 0.00000208. The molecule has 2 spiro atoms. The molecular formula is C16H31ClN2O2S3. The summed E-state index contributed by atoms with van der Waals surface area (Å²) < 4.78 is 0.876. The minimum atomic E-state index is 0. The number of rotatable bonds is 6. The Labute approximate surface area is 164 Å². The van der Waals surface area contributed by atoms with Crippen molar-refractivity contribution in [3.05, 3.63) is 0 Å². The molecule has 4 nitrogen and oxygen atoms in total. The molecule has 0 aromatic rings. The van der Waals surface area contributed by atoms with Gasteiger partial charge in [0.25, 0.3) is 0 Å². The number of hydrogen-bond donors (Lipinski definition) is 2. The summed E-state index contributed by atoms with van der Waals surface area (Å²) in [6.45, 7) is 7.52.